The minimum absolute atomic E-state index is 0.344. The highest BCUT2D eigenvalue weighted by Gasteiger charge is 2.10. The smallest absolute Gasteiger partial charge is 0.161 e. The van der Waals surface area contributed by atoms with Gasteiger partial charge in [-0.3, -0.25) is 9.97 Å². The summed E-state index contributed by atoms with van der Waals surface area (Å²) in [5, 5.41) is 0. The molecule has 0 amide bonds. The van der Waals surface area contributed by atoms with Gasteiger partial charge in [-0.2, -0.15) is 0 Å². The third-order valence-corrected chi connectivity index (χ3v) is 4.80. The number of ether oxygens (including phenoxy) is 2. The van der Waals surface area contributed by atoms with E-state index in [0.717, 1.165) is 39.3 Å². The molecule has 0 unspecified atom stereocenters. The van der Waals surface area contributed by atoms with Crippen molar-refractivity contribution in [3.8, 4) is 45.1 Å². The first-order chi connectivity index (χ1) is 14.7. The summed E-state index contributed by atoms with van der Waals surface area (Å²) in [5.74, 6) is 1.36. The van der Waals surface area contributed by atoms with E-state index in [1.54, 1.807) is 20.4 Å². The van der Waals surface area contributed by atoms with E-state index in [4.69, 9.17) is 15.2 Å². The van der Waals surface area contributed by atoms with Crippen LogP contribution in [0.1, 0.15) is 5.69 Å². The minimum atomic E-state index is 0.344. The van der Waals surface area contributed by atoms with Crippen molar-refractivity contribution in [3.63, 3.8) is 0 Å². The molecule has 0 bridgehead atoms. The molecule has 6 heteroatoms. The number of benzene rings is 1. The normalized spacial score (nSPS) is 10.6. The maximum Gasteiger partial charge on any atom is 0.161 e. The summed E-state index contributed by atoms with van der Waals surface area (Å²) in [4.78, 5) is 13.5. The Bertz CT molecular complexity index is 1160. The zero-order valence-electron chi connectivity index (χ0n) is 16.9. The van der Waals surface area contributed by atoms with Crippen molar-refractivity contribution in [2.75, 3.05) is 14.2 Å². The van der Waals surface area contributed by atoms with Crippen molar-refractivity contribution < 1.29 is 9.47 Å². The Morgan fingerprint density at radius 1 is 0.767 bits per heavy atom. The zero-order chi connectivity index (χ0) is 20.9. The van der Waals surface area contributed by atoms with Crippen LogP contribution in [-0.4, -0.2) is 29.2 Å². The van der Waals surface area contributed by atoms with Crippen LogP contribution in [0.15, 0.2) is 73.2 Å². The molecule has 0 aliphatic heterocycles. The number of hydrogen-bond acceptors (Lipinski definition) is 6. The van der Waals surface area contributed by atoms with E-state index in [1.807, 2.05) is 60.9 Å². The fourth-order valence-electron chi connectivity index (χ4n) is 3.28. The average Bonchev–Trinajstić information content (AvgIpc) is 2.83. The van der Waals surface area contributed by atoms with Crippen LogP contribution in [0.25, 0.3) is 33.6 Å². The van der Waals surface area contributed by atoms with E-state index in [9.17, 15) is 0 Å². The van der Waals surface area contributed by atoms with Gasteiger partial charge in [-0.15, -0.1) is 0 Å². The second kappa shape index (κ2) is 8.71. The standard InChI is InChI=1S/C24H22N4O2/c1-29-23-7-6-16(12-24(23)30-2)18-9-19(15-26-14-18)17-10-20(13-25)28-22(11-17)21-5-3-4-8-27-21/h3-12,14-15H,13,25H2,1-2H3. The first kappa shape index (κ1) is 19.5. The van der Waals surface area contributed by atoms with Gasteiger partial charge in [-0.1, -0.05) is 12.1 Å². The van der Waals surface area contributed by atoms with E-state index in [0.29, 0.717) is 18.0 Å². The predicted molar refractivity (Wildman–Crippen MR) is 117 cm³/mol. The molecule has 4 aromatic rings. The number of nitrogens with zero attached hydrogens (tertiary/aromatic N) is 3. The fraction of sp³-hybridized carbons (Fsp3) is 0.125. The Morgan fingerprint density at radius 2 is 1.57 bits per heavy atom. The van der Waals surface area contributed by atoms with Crippen molar-refractivity contribution in [1.29, 1.82) is 0 Å². The van der Waals surface area contributed by atoms with Gasteiger partial charge in [0, 0.05) is 36.3 Å². The number of pyridine rings is 3. The lowest BCUT2D eigenvalue weighted by Gasteiger charge is -2.11. The molecule has 0 atom stereocenters. The summed E-state index contributed by atoms with van der Waals surface area (Å²) in [5.41, 5.74) is 12.2. The van der Waals surface area contributed by atoms with Gasteiger partial charge >= 0.3 is 0 Å². The number of methoxy groups -OCH3 is 2. The average molecular weight is 398 g/mol. The van der Waals surface area contributed by atoms with Gasteiger partial charge in [0.25, 0.3) is 0 Å². The van der Waals surface area contributed by atoms with Crippen molar-refractivity contribution in [2.24, 2.45) is 5.73 Å². The molecule has 0 aliphatic rings. The molecule has 0 fully saturated rings. The fourth-order valence-corrected chi connectivity index (χ4v) is 3.28. The van der Waals surface area contributed by atoms with E-state index in [1.165, 1.54) is 0 Å². The lowest BCUT2D eigenvalue weighted by molar-refractivity contribution is 0.355. The molecule has 1 aromatic carbocycles. The lowest BCUT2D eigenvalue weighted by Crippen LogP contribution is -2.02. The maximum atomic E-state index is 5.90. The van der Waals surface area contributed by atoms with Crippen LogP contribution in [0.4, 0.5) is 0 Å². The number of rotatable bonds is 6. The third kappa shape index (κ3) is 3.99. The second-order valence-electron chi connectivity index (χ2n) is 6.68. The molecule has 3 heterocycles. The Kier molecular flexibility index (Phi) is 5.68. The van der Waals surface area contributed by atoms with Crippen LogP contribution >= 0.6 is 0 Å². The van der Waals surface area contributed by atoms with Crippen molar-refractivity contribution in [1.82, 2.24) is 15.0 Å². The Labute approximate surface area is 175 Å². The van der Waals surface area contributed by atoms with Gasteiger partial charge in [0.05, 0.1) is 31.3 Å². The predicted octanol–water partition coefficient (Wildman–Crippen LogP) is 4.35. The van der Waals surface area contributed by atoms with Crippen molar-refractivity contribution >= 4 is 0 Å². The van der Waals surface area contributed by atoms with Crippen LogP contribution in [0.3, 0.4) is 0 Å². The topological polar surface area (TPSA) is 83.2 Å². The van der Waals surface area contributed by atoms with Crippen molar-refractivity contribution in [2.45, 2.75) is 6.54 Å². The highest BCUT2D eigenvalue weighted by Crippen LogP contribution is 2.34. The van der Waals surface area contributed by atoms with E-state index >= 15 is 0 Å². The van der Waals surface area contributed by atoms with E-state index in [-0.39, 0.29) is 0 Å². The highest BCUT2D eigenvalue weighted by molar-refractivity contribution is 5.75. The van der Waals surface area contributed by atoms with Gasteiger partial charge < -0.3 is 15.2 Å². The molecule has 3 aromatic heterocycles. The third-order valence-electron chi connectivity index (χ3n) is 4.80. The first-order valence-electron chi connectivity index (χ1n) is 9.52. The Hall–Kier alpha value is -3.77. The molecule has 30 heavy (non-hydrogen) atoms. The van der Waals surface area contributed by atoms with Crippen LogP contribution in [-0.2, 0) is 6.54 Å². The van der Waals surface area contributed by atoms with Crippen LogP contribution < -0.4 is 15.2 Å². The van der Waals surface area contributed by atoms with Crippen molar-refractivity contribution in [3.05, 3.63) is 78.9 Å². The van der Waals surface area contributed by atoms with Crippen LogP contribution in [0.2, 0.25) is 0 Å². The summed E-state index contributed by atoms with van der Waals surface area (Å²) >= 11 is 0. The summed E-state index contributed by atoms with van der Waals surface area (Å²) in [6, 6.07) is 17.7. The maximum absolute atomic E-state index is 5.90. The van der Waals surface area contributed by atoms with Gasteiger partial charge in [-0.05, 0) is 53.6 Å². The Morgan fingerprint density at radius 3 is 2.27 bits per heavy atom. The summed E-state index contributed by atoms with van der Waals surface area (Å²) in [7, 11) is 3.25. The molecule has 0 spiro atoms. The van der Waals surface area contributed by atoms with Gasteiger partial charge in [0.15, 0.2) is 11.5 Å². The van der Waals surface area contributed by atoms with Gasteiger partial charge in [0.2, 0.25) is 0 Å². The molecule has 150 valence electrons. The molecule has 6 nitrogen and oxygen atoms in total. The van der Waals surface area contributed by atoms with Gasteiger partial charge in [-0.25, -0.2) is 4.98 Å². The van der Waals surface area contributed by atoms with Gasteiger partial charge in [0.1, 0.15) is 0 Å². The molecule has 0 radical (unpaired) electrons. The van der Waals surface area contributed by atoms with E-state index in [2.05, 4.69) is 21.0 Å². The summed E-state index contributed by atoms with van der Waals surface area (Å²) in [6.45, 7) is 0.344. The number of nitrogens with two attached hydrogens (primary N) is 1. The molecular weight excluding hydrogens is 376 g/mol. The second-order valence-corrected chi connectivity index (χ2v) is 6.68. The molecule has 0 aliphatic carbocycles. The molecule has 2 N–H and O–H groups in total. The monoisotopic (exact) mass is 398 g/mol. The number of aromatic nitrogens is 3. The van der Waals surface area contributed by atoms with Crippen LogP contribution in [0.5, 0.6) is 11.5 Å². The lowest BCUT2D eigenvalue weighted by atomic mass is 10.0. The minimum Gasteiger partial charge on any atom is -0.493 e. The largest absolute Gasteiger partial charge is 0.493 e. The summed E-state index contributed by atoms with van der Waals surface area (Å²) in [6.07, 6.45) is 5.42. The zero-order valence-corrected chi connectivity index (χ0v) is 16.9. The number of hydrogen-bond donors (Lipinski definition) is 1. The first-order valence-corrected chi connectivity index (χ1v) is 9.52. The molecule has 0 saturated carbocycles. The summed E-state index contributed by atoms with van der Waals surface area (Å²) < 4.78 is 10.8. The quantitative estimate of drug-likeness (QED) is 0.520. The Balaban J connectivity index is 1.77. The van der Waals surface area contributed by atoms with Crippen LogP contribution in [0, 0.1) is 0 Å². The molecule has 0 saturated heterocycles. The molecular formula is C24H22N4O2. The molecule has 4 rings (SSSR count). The highest BCUT2D eigenvalue weighted by atomic mass is 16.5. The SMILES string of the molecule is COc1ccc(-c2cncc(-c3cc(CN)nc(-c4ccccn4)c3)c2)cc1OC. The van der Waals surface area contributed by atoms with E-state index < -0.39 is 0 Å².